The summed E-state index contributed by atoms with van der Waals surface area (Å²) < 4.78 is 0. The van der Waals surface area contributed by atoms with Gasteiger partial charge in [-0.15, -0.1) is 0 Å². The van der Waals surface area contributed by atoms with Gasteiger partial charge in [0.1, 0.15) is 6.04 Å². The lowest BCUT2D eigenvalue weighted by Crippen LogP contribution is -2.51. The van der Waals surface area contributed by atoms with Crippen molar-refractivity contribution in [3.8, 4) is 0 Å². The number of rotatable bonds is 7. The van der Waals surface area contributed by atoms with Gasteiger partial charge in [-0.2, -0.15) is 0 Å². The monoisotopic (exact) mass is 317 g/mol. The minimum atomic E-state index is -0.484. The van der Waals surface area contributed by atoms with Crippen LogP contribution in [0.3, 0.4) is 0 Å². The molecule has 5 heteroatoms. The molecular formula is C18H27N3O2. The van der Waals surface area contributed by atoms with Gasteiger partial charge in [0.15, 0.2) is 0 Å². The molecule has 2 unspecified atom stereocenters. The second-order valence-corrected chi connectivity index (χ2v) is 6.24. The summed E-state index contributed by atoms with van der Waals surface area (Å²) in [5.74, 6) is -0.200. The summed E-state index contributed by atoms with van der Waals surface area (Å²) in [6, 6.07) is 9.37. The summed E-state index contributed by atoms with van der Waals surface area (Å²) in [6.45, 7) is 4.06. The minimum Gasteiger partial charge on any atom is -0.344 e. The Hall–Kier alpha value is -1.88. The van der Waals surface area contributed by atoms with Crippen molar-refractivity contribution in [1.29, 1.82) is 0 Å². The van der Waals surface area contributed by atoms with Crippen molar-refractivity contribution >= 4 is 11.8 Å². The Balaban J connectivity index is 2.07. The van der Waals surface area contributed by atoms with Crippen molar-refractivity contribution in [3.05, 3.63) is 35.9 Å². The molecule has 23 heavy (non-hydrogen) atoms. The van der Waals surface area contributed by atoms with E-state index >= 15 is 0 Å². The van der Waals surface area contributed by atoms with Gasteiger partial charge in [0.2, 0.25) is 11.8 Å². The molecular weight excluding hydrogens is 290 g/mol. The molecule has 0 radical (unpaired) electrons. The first-order valence-corrected chi connectivity index (χ1v) is 8.39. The van der Waals surface area contributed by atoms with Crippen molar-refractivity contribution in [2.75, 3.05) is 26.7 Å². The standard InChI is InChI=1S/C18H27N3O2/c1-14(13-19-2)17(22)20-16(12-15-8-4-3-5-9-15)18(23)21-10-6-7-11-21/h3-5,8-9,14,16,19H,6-7,10-13H2,1-2H3,(H,20,22). The Bertz CT molecular complexity index is 512. The molecule has 1 saturated heterocycles. The lowest BCUT2D eigenvalue weighted by Gasteiger charge is -2.25. The fourth-order valence-electron chi connectivity index (χ4n) is 2.92. The van der Waals surface area contributed by atoms with Gasteiger partial charge < -0.3 is 15.5 Å². The maximum absolute atomic E-state index is 12.8. The molecule has 2 atom stereocenters. The van der Waals surface area contributed by atoms with E-state index in [4.69, 9.17) is 0 Å². The number of likely N-dealkylation sites (tertiary alicyclic amines) is 1. The first kappa shape index (κ1) is 17.5. The first-order valence-electron chi connectivity index (χ1n) is 8.39. The lowest BCUT2D eigenvalue weighted by molar-refractivity contribution is -0.136. The van der Waals surface area contributed by atoms with Crippen LogP contribution in [0.25, 0.3) is 0 Å². The summed E-state index contributed by atoms with van der Waals surface area (Å²) in [6.07, 6.45) is 2.63. The first-order chi connectivity index (χ1) is 11.1. The van der Waals surface area contributed by atoms with Crippen molar-refractivity contribution in [2.24, 2.45) is 5.92 Å². The van der Waals surface area contributed by atoms with Crippen LogP contribution >= 0.6 is 0 Å². The molecule has 5 nitrogen and oxygen atoms in total. The molecule has 2 amide bonds. The maximum Gasteiger partial charge on any atom is 0.245 e. The predicted octanol–water partition coefficient (Wildman–Crippen LogP) is 1.19. The summed E-state index contributed by atoms with van der Waals surface area (Å²) in [5, 5.41) is 5.96. The van der Waals surface area contributed by atoms with Crippen LogP contribution in [0.4, 0.5) is 0 Å². The van der Waals surface area contributed by atoms with Crippen LogP contribution in [-0.4, -0.2) is 49.4 Å². The fraction of sp³-hybridized carbons (Fsp3) is 0.556. The van der Waals surface area contributed by atoms with Crippen molar-refractivity contribution in [3.63, 3.8) is 0 Å². The van der Waals surface area contributed by atoms with Gasteiger partial charge in [-0.05, 0) is 25.5 Å². The highest BCUT2D eigenvalue weighted by Gasteiger charge is 2.29. The average molecular weight is 317 g/mol. The third kappa shape index (κ3) is 5.06. The number of hydrogen-bond acceptors (Lipinski definition) is 3. The number of benzene rings is 1. The van der Waals surface area contributed by atoms with Crippen LogP contribution in [0.15, 0.2) is 30.3 Å². The zero-order valence-electron chi connectivity index (χ0n) is 14.0. The highest BCUT2D eigenvalue weighted by molar-refractivity contribution is 5.88. The minimum absolute atomic E-state index is 0.0383. The predicted molar refractivity (Wildman–Crippen MR) is 91.0 cm³/mol. The molecule has 1 aliphatic rings. The zero-order valence-corrected chi connectivity index (χ0v) is 14.0. The van der Waals surface area contributed by atoms with Gasteiger partial charge in [-0.1, -0.05) is 37.3 Å². The molecule has 1 aromatic rings. The molecule has 1 aliphatic heterocycles. The van der Waals surface area contributed by atoms with Gasteiger partial charge in [-0.25, -0.2) is 0 Å². The molecule has 0 saturated carbocycles. The smallest absolute Gasteiger partial charge is 0.245 e. The summed E-state index contributed by atoms with van der Waals surface area (Å²) in [7, 11) is 1.82. The maximum atomic E-state index is 12.8. The van der Waals surface area contributed by atoms with Crippen molar-refractivity contribution in [1.82, 2.24) is 15.5 Å². The topological polar surface area (TPSA) is 61.4 Å². The summed E-state index contributed by atoms with van der Waals surface area (Å²) in [4.78, 5) is 27.0. The molecule has 0 aromatic heterocycles. The number of amides is 2. The Labute approximate surface area is 138 Å². The molecule has 2 N–H and O–H groups in total. The zero-order chi connectivity index (χ0) is 16.7. The molecule has 1 fully saturated rings. The van der Waals surface area contributed by atoms with Gasteiger partial charge >= 0.3 is 0 Å². The second kappa shape index (κ2) is 8.67. The van der Waals surface area contributed by atoms with E-state index in [2.05, 4.69) is 10.6 Å². The van der Waals surface area contributed by atoms with E-state index in [9.17, 15) is 9.59 Å². The number of nitrogens with zero attached hydrogens (tertiary/aromatic N) is 1. The third-order valence-corrected chi connectivity index (χ3v) is 4.27. The number of hydrogen-bond donors (Lipinski definition) is 2. The number of carbonyl (C=O) groups excluding carboxylic acids is 2. The molecule has 2 rings (SSSR count). The van der Waals surface area contributed by atoms with E-state index < -0.39 is 6.04 Å². The highest BCUT2D eigenvalue weighted by Crippen LogP contribution is 2.12. The van der Waals surface area contributed by atoms with E-state index in [1.54, 1.807) is 0 Å². The van der Waals surface area contributed by atoms with Crippen LogP contribution in [0.2, 0.25) is 0 Å². The SMILES string of the molecule is CNCC(C)C(=O)NC(Cc1ccccc1)C(=O)N1CCCC1. The van der Waals surface area contributed by atoms with Gasteiger partial charge in [-0.3, -0.25) is 9.59 Å². The highest BCUT2D eigenvalue weighted by atomic mass is 16.2. The van der Waals surface area contributed by atoms with E-state index in [1.807, 2.05) is 49.2 Å². The van der Waals surface area contributed by atoms with Crippen molar-refractivity contribution < 1.29 is 9.59 Å². The quantitative estimate of drug-likeness (QED) is 0.794. The van der Waals surface area contributed by atoms with Crippen LogP contribution in [0.1, 0.15) is 25.3 Å². The van der Waals surface area contributed by atoms with Gasteiger partial charge in [0, 0.05) is 32.0 Å². The van der Waals surface area contributed by atoms with Gasteiger partial charge in [0.25, 0.3) is 0 Å². The molecule has 1 heterocycles. The molecule has 0 bridgehead atoms. The Morgan fingerprint density at radius 2 is 1.83 bits per heavy atom. The largest absolute Gasteiger partial charge is 0.344 e. The van der Waals surface area contributed by atoms with E-state index in [1.165, 1.54) is 0 Å². The second-order valence-electron chi connectivity index (χ2n) is 6.24. The van der Waals surface area contributed by atoms with Crippen LogP contribution < -0.4 is 10.6 Å². The Morgan fingerprint density at radius 1 is 1.17 bits per heavy atom. The lowest BCUT2D eigenvalue weighted by atomic mass is 10.0. The van der Waals surface area contributed by atoms with Gasteiger partial charge in [0.05, 0.1) is 0 Å². The van der Waals surface area contributed by atoms with E-state index in [-0.39, 0.29) is 17.7 Å². The molecule has 126 valence electrons. The van der Waals surface area contributed by atoms with Crippen LogP contribution in [0.5, 0.6) is 0 Å². The van der Waals surface area contributed by atoms with Crippen LogP contribution in [-0.2, 0) is 16.0 Å². The van der Waals surface area contributed by atoms with E-state index in [0.717, 1.165) is 31.5 Å². The Kier molecular flexibility index (Phi) is 6.59. The number of nitrogens with one attached hydrogen (secondary N) is 2. The van der Waals surface area contributed by atoms with Crippen LogP contribution in [0, 0.1) is 5.92 Å². The third-order valence-electron chi connectivity index (χ3n) is 4.27. The summed E-state index contributed by atoms with van der Waals surface area (Å²) in [5.41, 5.74) is 1.06. The molecule has 0 spiro atoms. The normalized spacial score (nSPS) is 16.9. The Morgan fingerprint density at radius 3 is 2.43 bits per heavy atom. The van der Waals surface area contributed by atoms with Crippen molar-refractivity contribution in [2.45, 2.75) is 32.2 Å². The number of carbonyl (C=O) groups is 2. The fourth-order valence-corrected chi connectivity index (χ4v) is 2.92. The van der Waals surface area contributed by atoms with E-state index in [0.29, 0.717) is 13.0 Å². The summed E-state index contributed by atoms with van der Waals surface area (Å²) >= 11 is 0. The average Bonchev–Trinajstić information content (AvgIpc) is 3.09. The molecule has 1 aromatic carbocycles. The molecule has 0 aliphatic carbocycles.